The van der Waals surface area contributed by atoms with Crippen molar-refractivity contribution in [2.75, 3.05) is 11.1 Å². The molecule has 1 unspecified atom stereocenters. The summed E-state index contributed by atoms with van der Waals surface area (Å²) in [5.74, 6) is -1.94. The molecule has 0 aromatic heterocycles. The van der Waals surface area contributed by atoms with Crippen LogP contribution in [0, 0.1) is 0 Å². The Morgan fingerprint density at radius 2 is 1.64 bits per heavy atom. The molecule has 0 fully saturated rings. The Morgan fingerprint density at radius 3 is 2.29 bits per heavy atom. The number of carbonyl (C=O) groups excluding carboxylic acids is 1. The average molecular weight is 394 g/mol. The molecule has 142 valence electrons. The van der Waals surface area contributed by atoms with E-state index < -0.39 is 11.2 Å². The molecule has 3 aromatic carbocycles. The van der Waals surface area contributed by atoms with Gasteiger partial charge in [-0.3, -0.25) is 4.79 Å². The summed E-state index contributed by atoms with van der Waals surface area (Å²) in [5, 5.41) is 21.0. The van der Waals surface area contributed by atoms with E-state index in [9.17, 15) is 14.7 Å². The highest BCUT2D eigenvalue weighted by molar-refractivity contribution is 8.00. The topological polar surface area (TPSA) is 113 Å². The number of rotatable bonds is 6. The molecule has 0 aliphatic heterocycles. The number of benzene rings is 3. The number of nitrogen functional groups attached to an aromatic ring is 1. The summed E-state index contributed by atoms with van der Waals surface area (Å²) >= 11 is 1.36. The van der Waals surface area contributed by atoms with Crippen molar-refractivity contribution in [3.8, 4) is 5.75 Å². The number of carbonyl (C=O) groups is 2. The molecule has 1 atom stereocenters. The fourth-order valence-corrected chi connectivity index (χ4v) is 3.60. The Balaban J connectivity index is 1.87. The molecule has 5 N–H and O–H groups in total. The molecule has 0 saturated carbocycles. The summed E-state index contributed by atoms with van der Waals surface area (Å²) in [7, 11) is 0. The number of aromatic hydroxyl groups is 1. The van der Waals surface area contributed by atoms with Crippen LogP contribution in [0.25, 0.3) is 0 Å². The van der Waals surface area contributed by atoms with Crippen molar-refractivity contribution in [1.29, 1.82) is 0 Å². The minimum absolute atomic E-state index is 0.278. The summed E-state index contributed by atoms with van der Waals surface area (Å²) in [6.45, 7) is 0. The maximum absolute atomic E-state index is 13.0. The molecular weight excluding hydrogens is 376 g/mol. The molecule has 3 aromatic rings. The van der Waals surface area contributed by atoms with Crippen LogP contribution in [0.15, 0.2) is 77.7 Å². The number of carboxylic acids is 1. The van der Waals surface area contributed by atoms with Crippen molar-refractivity contribution in [3.63, 3.8) is 0 Å². The van der Waals surface area contributed by atoms with Crippen LogP contribution in [0.3, 0.4) is 0 Å². The number of thioether (sulfide) groups is 1. The fraction of sp³-hybridized carbons (Fsp3) is 0.0476. The van der Waals surface area contributed by atoms with Crippen molar-refractivity contribution >= 4 is 35.0 Å². The van der Waals surface area contributed by atoms with E-state index in [2.05, 4.69) is 5.32 Å². The van der Waals surface area contributed by atoms with E-state index in [-0.39, 0.29) is 17.2 Å². The van der Waals surface area contributed by atoms with Crippen LogP contribution in [-0.4, -0.2) is 22.1 Å². The first-order chi connectivity index (χ1) is 13.4. The SMILES string of the molecule is Nc1ccc(SC(C(=O)Nc2ccc(O)c(C(=O)O)c2)c2ccccc2)cc1. The summed E-state index contributed by atoms with van der Waals surface area (Å²) in [5.41, 5.74) is 7.18. The summed E-state index contributed by atoms with van der Waals surface area (Å²) in [6, 6.07) is 20.4. The van der Waals surface area contributed by atoms with Crippen LogP contribution in [0.2, 0.25) is 0 Å². The van der Waals surface area contributed by atoms with E-state index in [0.717, 1.165) is 10.5 Å². The Kier molecular flexibility index (Phi) is 5.86. The lowest BCUT2D eigenvalue weighted by atomic mass is 10.1. The van der Waals surface area contributed by atoms with E-state index in [1.54, 1.807) is 12.1 Å². The summed E-state index contributed by atoms with van der Waals surface area (Å²) in [4.78, 5) is 25.1. The molecule has 1 amide bonds. The molecule has 0 bridgehead atoms. The molecule has 0 aliphatic carbocycles. The van der Waals surface area contributed by atoms with Gasteiger partial charge in [0.15, 0.2) is 0 Å². The van der Waals surface area contributed by atoms with Crippen LogP contribution < -0.4 is 11.1 Å². The predicted molar refractivity (Wildman–Crippen MR) is 110 cm³/mol. The zero-order valence-corrected chi connectivity index (χ0v) is 15.5. The van der Waals surface area contributed by atoms with Crippen molar-refractivity contribution in [2.24, 2.45) is 0 Å². The van der Waals surface area contributed by atoms with Gasteiger partial charge < -0.3 is 21.3 Å². The third-order valence-electron chi connectivity index (χ3n) is 3.97. The minimum Gasteiger partial charge on any atom is -0.507 e. The number of anilines is 2. The first-order valence-electron chi connectivity index (χ1n) is 8.38. The minimum atomic E-state index is -1.27. The summed E-state index contributed by atoms with van der Waals surface area (Å²) < 4.78 is 0. The average Bonchev–Trinajstić information content (AvgIpc) is 2.69. The Hall–Kier alpha value is -3.45. The van der Waals surface area contributed by atoms with Gasteiger partial charge in [0, 0.05) is 16.3 Å². The monoisotopic (exact) mass is 394 g/mol. The van der Waals surface area contributed by atoms with E-state index in [1.807, 2.05) is 42.5 Å². The van der Waals surface area contributed by atoms with Crippen LogP contribution in [0.4, 0.5) is 11.4 Å². The quantitative estimate of drug-likeness (QED) is 0.284. The van der Waals surface area contributed by atoms with Crippen LogP contribution in [0.1, 0.15) is 21.2 Å². The second kappa shape index (κ2) is 8.49. The molecule has 0 saturated heterocycles. The number of amides is 1. The molecule has 0 radical (unpaired) electrons. The largest absolute Gasteiger partial charge is 0.507 e. The molecule has 6 nitrogen and oxygen atoms in total. The Morgan fingerprint density at radius 1 is 0.964 bits per heavy atom. The zero-order chi connectivity index (χ0) is 20.1. The maximum Gasteiger partial charge on any atom is 0.339 e. The van der Waals surface area contributed by atoms with Gasteiger partial charge in [0.1, 0.15) is 16.6 Å². The second-order valence-electron chi connectivity index (χ2n) is 6.00. The zero-order valence-electron chi connectivity index (χ0n) is 14.7. The molecule has 0 aliphatic rings. The Bertz CT molecular complexity index is 991. The number of phenols is 1. The van der Waals surface area contributed by atoms with E-state index in [1.165, 1.54) is 30.0 Å². The summed E-state index contributed by atoms with van der Waals surface area (Å²) in [6.07, 6.45) is 0. The lowest BCUT2D eigenvalue weighted by molar-refractivity contribution is -0.115. The van der Waals surface area contributed by atoms with Crippen LogP contribution >= 0.6 is 11.8 Å². The molecule has 28 heavy (non-hydrogen) atoms. The third-order valence-corrected chi connectivity index (χ3v) is 5.24. The molecule has 3 rings (SSSR count). The smallest absolute Gasteiger partial charge is 0.339 e. The highest BCUT2D eigenvalue weighted by Gasteiger charge is 2.23. The van der Waals surface area contributed by atoms with Crippen LogP contribution in [0.5, 0.6) is 5.75 Å². The maximum atomic E-state index is 13.0. The normalized spacial score (nSPS) is 11.6. The lowest BCUT2D eigenvalue weighted by Crippen LogP contribution is -2.19. The number of hydrogen-bond acceptors (Lipinski definition) is 5. The van der Waals surface area contributed by atoms with Crippen molar-refractivity contribution in [3.05, 3.63) is 83.9 Å². The second-order valence-corrected chi connectivity index (χ2v) is 7.18. The lowest BCUT2D eigenvalue weighted by Gasteiger charge is -2.17. The predicted octanol–water partition coefficient (Wildman–Crippen LogP) is 4.14. The fourth-order valence-electron chi connectivity index (χ4n) is 2.58. The Labute approximate surface area is 166 Å². The van der Waals surface area contributed by atoms with Gasteiger partial charge in [-0.2, -0.15) is 0 Å². The van der Waals surface area contributed by atoms with Crippen molar-refractivity contribution < 1.29 is 19.8 Å². The van der Waals surface area contributed by atoms with Crippen molar-refractivity contribution in [1.82, 2.24) is 0 Å². The van der Waals surface area contributed by atoms with Crippen LogP contribution in [-0.2, 0) is 4.79 Å². The standard InChI is InChI=1S/C21H18N2O4S/c22-14-6-9-16(10-7-14)28-19(13-4-2-1-3-5-13)20(25)23-15-8-11-18(24)17(12-15)21(26)27/h1-12,19,24H,22H2,(H,23,25)(H,26,27). The number of nitrogens with two attached hydrogens (primary N) is 1. The molecule has 0 heterocycles. The number of aromatic carboxylic acids is 1. The van der Waals surface area contributed by atoms with Gasteiger partial charge >= 0.3 is 5.97 Å². The van der Waals surface area contributed by atoms with E-state index in [0.29, 0.717) is 11.4 Å². The highest BCUT2D eigenvalue weighted by Crippen LogP contribution is 2.36. The molecule has 0 spiro atoms. The third kappa shape index (κ3) is 4.63. The molecular formula is C21H18N2O4S. The first-order valence-corrected chi connectivity index (χ1v) is 9.26. The van der Waals surface area contributed by atoms with E-state index in [4.69, 9.17) is 10.8 Å². The van der Waals surface area contributed by atoms with E-state index >= 15 is 0 Å². The number of hydrogen-bond donors (Lipinski definition) is 4. The van der Waals surface area contributed by atoms with Gasteiger partial charge in [-0.25, -0.2) is 4.79 Å². The van der Waals surface area contributed by atoms with Gasteiger partial charge in [0.05, 0.1) is 0 Å². The van der Waals surface area contributed by atoms with Gasteiger partial charge in [0.25, 0.3) is 0 Å². The van der Waals surface area contributed by atoms with Gasteiger partial charge in [0.2, 0.25) is 5.91 Å². The number of carboxylic acid groups (broad SMARTS) is 1. The first kappa shape index (κ1) is 19.3. The van der Waals surface area contributed by atoms with Gasteiger partial charge in [-0.05, 0) is 48.0 Å². The number of nitrogens with one attached hydrogen (secondary N) is 1. The molecule has 7 heteroatoms. The van der Waals surface area contributed by atoms with Crippen molar-refractivity contribution in [2.45, 2.75) is 10.1 Å². The highest BCUT2D eigenvalue weighted by atomic mass is 32.2. The van der Waals surface area contributed by atoms with Gasteiger partial charge in [-0.1, -0.05) is 30.3 Å². The van der Waals surface area contributed by atoms with Gasteiger partial charge in [-0.15, -0.1) is 11.8 Å².